The summed E-state index contributed by atoms with van der Waals surface area (Å²) in [5, 5.41) is 0. The Labute approximate surface area is 158 Å². The second-order valence-electron chi connectivity index (χ2n) is 6.80. The van der Waals surface area contributed by atoms with Crippen LogP contribution in [-0.2, 0) is 9.63 Å². The van der Waals surface area contributed by atoms with E-state index in [1.807, 2.05) is 72.5 Å². The zero-order valence-electron chi connectivity index (χ0n) is 15.4. The molecule has 0 spiro atoms. The number of rotatable bonds is 4. The highest BCUT2D eigenvalue weighted by Crippen LogP contribution is 2.41. The number of carbonyl (C=O) groups excluding carboxylic acids is 1. The Morgan fingerprint density at radius 2 is 1.96 bits per heavy atom. The summed E-state index contributed by atoms with van der Waals surface area (Å²) < 4.78 is 5.53. The highest BCUT2D eigenvalue weighted by atomic mass is 16.7. The molecule has 2 heterocycles. The van der Waals surface area contributed by atoms with Crippen molar-refractivity contribution in [3.05, 3.63) is 72.5 Å². The molecular weight excluding hydrogens is 340 g/mol. The van der Waals surface area contributed by atoms with E-state index < -0.39 is 0 Å². The summed E-state index contributed by atoms with van der Waals surface area (Å²) in [6, 6.07) is 19.6. The second-order valence-corrected chi connectivity index (χ2v) is 6.80. The molecule has 5 heteroatoms. The molecule has 138 valence electrons. The normalized spacial score (nSPS) is 18.8. The van der Waals surface area contributed by atoms with E-state index in [1.165, 1.54) is 0 Å². The summed E-state index contributed by atoms with van der Waals surface area (Å²) in [5.74, 6) is 0.824. The van der Waals surface area contributed by atoms with Gasteiger partial charge < -0.3 is 9.32 Å². The quantitative estimate of drug-likeness (QED) is 0.650. The maximum atomic E-state index is 12.2. The Kier molecular flexibility index (Phi) is 4.69. The Morgan fingerprint density at radius 3 is 2.67 bits per heavy atom. The summed E-state index contributed by atoms with van der Waals surface area (Å²) in [5.41, 5.74) is 6.76. The lowest BCUT2D eigenvalue weighted by molar-refractivity contribution is -0.117. The zero-order valence-corrected chi connectivity index (χ0v) is 15.4. The van der Waals surface area contributed by atoms with Gasteiger partial charge in [-0.1, -0.05) is 18.2 Å². The molecule has 0 aliphatic carbocycles. The maximum absolute atomic E-state index is 12.2. The third kappa shape index (κ3) is 3.46. The van der Waals surface area contributed by atoms with Crippen LogP contribution in [-0.4, -0.2) is 11.9 Å². The van der Waals surface area contributed by atoms with Crippen molar-refractivity contribution in [1.82, 2.24) is 0 Å². The summed E-state index contributed by atoms with van der Waals surface area (Å²) in [6.07, 6.45) is 2.18. The minimum absolute atomic E-state index is 0.0315. The molecule has 0 saturated carbocycles. The number of amides is 1. The first-order chi connectivity index (χ1) is 13.1. The van der Waals surface area contributed by atoms with E-state index in [9.17, 15) is 4.79 Å². The smallest absolute Gasteiger partial charge is 0.224 e. The van der Waals surface area contributed by atoms with Crippen LogP contribution in [0, 0.1) is 0 Å². The second kappa shape index (κ2) is 7.29. The van der Waals surface area contributed by atoms with Crippen molar-refractivity contribution in [3.63, 3.8) is 0 Å². The summed E-state index contributed by atoms with van der Waals surface area (Å²) >= 11 is 0. The largest absolute Gasteiger partial charge is 0.464 e. The minimum Gasteiger partial charge on any atom is -0.464 e. The molecular formula is C22H22N2O3. The predicted molar refractivity (Wildman–Crippen MR) is 105 cm³/mol. The van der Waals surface area contributed by atoms with Crippen molar-refractivity contribution < 1.29 is 14.0 Å². The molecule has 4 rings (SSSR count). The van der Waals surface area contributed by atoms with Crippen LogP contribution < -0.4 is 10.4 Å². The Balaban J connectivity index is 1.69. The van der Waals surface area contributed by atoms with E-state index in [0.717, 1.165) is 28.3 Å². The van der Waals surface area contributed by atoms with Crippen LogP contribution >= 0.6 is 0 Å². The number of furan rings is 1. The Bertz CT molecular complexity index is 922. The van der Waals surface area contributed by atoms with Gasteiger partial charge in [-0.15, -0.1) is 0 Å². The van der Waals surface area contributed by atoms with Gasteiger partial charge in [-0.05, 0) is 49.4 Å². The maximum Gasteiger partial charge on any atom is 0.224 e. The van der Waals surface area contributed by atoms with Crippen LogP contribution in [0.2, 0.25) is 0 Å². The monoisotopic (exact) mass is 362 g/mol. The number of anilines is 2. The average molecular weight is 362 g/mol. The molecule has 1 amide bonds. The molecule has 3 aromatic rings. The fourth-order valence-electron chi connectivity index (χ4n) is 3.64. The van der Waals surface area contributed by atoms with E-state index in [0.29, 0.717) is 6.42 Å². The number of nitrogens with zero attached hydrogens (tertiary/aromatic N) is 1. The molecule has 1 N–H and O–H groups in total. The molecule has 0 radical (unpaired) electrons. The van der Waals surface area contributed by atoms with Gasteiger partial charge in [-0.25, -0.2) is 0 Å². The lowest BCUT2D eigenvalue weighted by Crippen LogP contribution is -2.42. The molecule has 1 aliphatic heterocycles. The van der Waals surface area contributed by atoms with Gasteiger partial charge in [0.1, 0.15) is 11.9 Å². The van der Waals surface area contributed by atoms with E-state index in [2.05, 4.69) is 5.48 Å². The van der Waals surface area contributed by atoms with Crippen LogP contribution in [0.5, 0.6) is 0 Å². The van der Waals surface area contributed by atoms with Gasteiger partial charge in [0.05, 0.1) is 12.0 Å². The standard InChI is InChI=1S/C22H22N2O3/c1-15-13-22(27-23-18-7-4-3-5-8-18)19-14-17(21-9-6-12-26-21)10-11-20(19)24(15)16(2)25/h3-12,14-15,22-23H,13H2,1-2H3/t15-,22?/m0/s1. The summed E-state index contributed by atoms with van der Waals surface area (Å²) in [4.78, 5) is 20.1. The van der Waals surface area contributed by atoms with Crippen LogP contribution in [0.25, 0.3) is 11.3 Å². The van der Waals surface area contributed by atoms with Crippen molar-refractivity contribution in [3.8, 4) is 11.3 Å². The molecule has 2 aromatic carbocycles. The third-order valence-corrected chi connectivity index (χ3v) is 4.87. The van der Waals surface area contributed by atoms with Crippen LogP contribution in [0.15, 0.2) is 71.3 Å². The first-order valence-corrected chi connectivity index (χ1v) is 9.08. The summed E-state index contributed by atoms with van der Waals surface area (Å²) in [6.45, 7) is 3.65. The van der Waals surface area contributed by atoms with E-state index in [4.69, 9.17) is 9.25 Å². The topological polar surface area (TPSA) is 54.7 Å². The van der Waals surface area contributed by atoms with Gasteiger partial charge in [0.2, 0.25) is 5.91 Å². The minimum atomic E-state index is -0.180. The van der Waals surface area contributed by atoms with Crippen molar-refractivity contribution in [2.75, 3.05) is 10.4 Å². The van der Waals surface area contributed by atoms with Gasteiger partial charge >= 0.3 is 0 Å². The molecule has 0 bridgehead atoms. The van der Waals surface area contributed by atoms with Gasteiger partial charge in [0.15, 0.2) is 0 Å². The highest BCUT2D eigenvalue weighted by Gasteiger charge is 2.33. The number of hydrogen-bond acceptors (Lipinski definition) is 4. The molecule has 2 atom stereocenters. The van der Waals surface area contributed by atoms with Crippen LogP contribution in [0.4, 0.5) is 11.4 Å². The predicted octanol–water partition coefficient (Wildman–Crippen LogP) is 5.18. The number of nitrogens with one attached hydrogen (secondary N) is 1. The number of para-hydroxylation sites is 1. The number of carbonyl (C=O) groups is 1. The molecule has 1 unspecified atom stereocenters. The number of benzene rings is 2. The zero-order chi connectivity index (χ0) is 18.8. The van der Waals surface area contributed by atoms with E-state index in [-0.39, 0.29) is 18.1 Å². The van der Waals surface area contributed by atoms with Crippen LogP contribution in [0.3, 0.4) is 0 Å². The van der Waals surface area contributed by atoms with Gasteiger partial charge in [0, 0.05) is 36.2 Å². The third-order valence-electron chi connectivity index (χ3n) is 4.87. The fourth-order valence-corrected chi connectivity index (χ4v) is 3.64. The van der Waals surface area contributed by atoms with E-state index >= 15 is 0 Å². The fraction of sp³-hybridized carbons (Fsp3) is 0.227. The highest BCUT2D eigenvalue weighted by molar-refractivity contribution is 5.94. The Morgan fingerprint density at radius 1 is 1.15 bits per heavy atom. The van der Waals surface area contributed by atoms with Gasteiger partial charge in [0.25, 0.3) is 0 Å². The molecule has 1 aromatic heterocycles. The Hall–Kier alpha value is -3.05. The van der Waals surface area contributed by atoms with Crippen molar-refractivity contribution in [2.24, 2.45) is 0 Å². The molecule has 27 heavy (non-hydrogen) atoms. The van der Waals surface area contributed by atoms with Gasteiger partial charge in [-0.2, -0.15) is 0 Å². The van der Waals surface area contributed by atoms with Crippen LogP contribution in [0.1, 0.15) is 31.9 Å². The first kappa shape index (κ1) is 17.4. The lowest BCUT2D eigenvalue weighted by atomic mass is 9.92. The molecule has 1 aliphatic rings. The molecule has 0 saturated heterocycles. The van der Waals surface area contributed by atoms with Crippen molar-refractivity contribution in [2.45, 2.75) is 32.4 Å². The molecule has 5 nitrogen and oxygen atoms in total. The SMILES string of the molecule is CC(=O)N1c2ccc(-c3ccco3)cc2C(ONc2ccccc2)C[C@@H]1C. The van der Waals surface area contributed by atoms with Crippen molar-refractivity contribution >= 4 is 17.3 Å². The van der Waals surface area contributed by atoms with Gasteiger partial charge in [-0.3, -0.25) is 15.1 Å². The summed E-state index contributed by atoms with van der Waals surface area (Å²) in [7, 11) is 0. The number of fused-ring (bicyclic) bond motifs is 1. The number of hydrogen-bond donors (Lipinski definition) is 1. The van der Waals surface area contributed by atoms with E-state index in [1.54, 1.807) is 13.2 Å². The first-order valence-electron chi connectivity index (χ1n) is 9.08. The lowest BCUT2D eigenvalue weighted by Gasteiger charge is -2.38. The van der Waals surface area contributed by atoms with Crippen molar-refractivity contribution in [1.29, 1.82) is 0 Å². The molecule has 0 fully saturated rings. The average Bonchev–Trinajstić information content (AvgIpc) is 3.21.